The monoisotopic (exact) mass is 331 g/mol. The highest BCUT2D eigenvalue weighted by Crippen LogP contribution is 2.33. The van der Waals surface area contributed by atoms with Gasteiger partial charge >= 0.3 is 0 Å². The molecule has 0 saturated heterocycles. The quantitative estimate of drug-likeness (QED) is 0.485. The van der Waals surface area contributed by atoms with E-state index in [4.69, 9.17) is 11.6 Å². The Morgan fingerprint density at radius 2 is 2.06 bits per heavy atom. The number of allylic oxidation sites excluding steroid dienone is 1. The summed E-state index contributed by atoms with van der Waals surface area (Å²) in [6.07, 6.45) is 3.32. The zero-order valence-electron chi connectivity index (χ0n) is 9.12. The molecule has 1 aliphatic rings. The summed E-state index contributed by atoms with van der Waals surface area (Å²) in [7, 11) is 0. The Hall–Kier alpha value is -1.20. The van der Waals surface area contributed by atoms with E-state index in [1.54, 1.807) is 12.2 Å². The Morgan fingerprint density at radius 1 is 1.33 bits per heavy atom. The molecule has 0 fully saturated rings. The SMILES string of the molecule is O=C1C(=O)N(CC=CCCl)c2cc(F)c(Br)cc21. The molecule has 1 aliphatic heterocycles. The maximum absolute atomic E-state index is 13.5. The third-order valence-electron chi connectivity index (χ3n) is 2.56. The predicted molar refractivity (Wildman–Crippen MR) is 70.6 cm³/mol. The third kappa shape index (κ3) is 2.20. The number of anilines is 1. The van der Waals surface area contributed by atoms with E-state index in [1.165, 1.54) is 17.0 Å². The molecule has 3 nitrogen and oxygen atoms in total. The van der Waals surface area contributed by atoms with E-state index in [-0.39, 0.29) is 16.6 Å². The number of amides is 1. The predicted octanol–water partition coefficient (Wildman–Crippen LogP) is 2.91. The number of nitrogens with zero attached hydrogens (tertiary/aromatic N) is 1. The molecule has 0 unspecified atom stereocenters. The lowest BCUT2D eigenvalue weighted by Crippen LogP contribution is -2.29. The Balaban J connectivity index is 2.41. The van der Waals surface area contributed by atoms with Gasteiger partial charge in [0.1, 0.15) is 5.82 Å². The van der Waals surface area contributed by atoms with Gasteiger partial charge in [0.05, 0.1) is 15.7 Å². The average Bonchev–Trinajstić information content (AvgIpc) is 2.56. The summed E-state index contributed by atoms with van der Waals surface area (Å²) in [6, 6.07) is 2.51. The Bertz CT molecular complexity index is 559. The van der Waals surface area contributed by atoms with E-state index in [0.29, 0.717) is 11.6 Å². The minimum absolute atomic E-state index is 0.167. The summed E-state index contributed by atoms with van der Waals surface area (Å²) in [5.41, 5.74) is 0.512. The van der Waals surface area contributed by atoms with Crippen LogP contribution in [-0.2, 0) is 4.79 Å². The van der Waals surface area contributed by atoms with Crippen molar-refractivity contribution in [3.63, 3.8) is 0 Å². The fourth-order valence-corrected chi connectivity index (χ4v) is 2.18. The molecular weight excluding hydrogens is 324 g/mol. The summed E-state index contributed by atoms with van der Waals surface area (Å²) in [5, 5.41) is 0. The van der Waals surface area contributed by atoms with Crippen LogP contribution in [0.5, 0.6) is 0 Å². The summed E-state index contributed by atoms with van der Waals surface area (Å²) in [5.74, 6) is -1.47. The van der Waals surface area contributed by atoms with Crippen LogP contribution in [0.15, 0.2) is 28.8 Å². The number of Topliss-reactive ketones (excluding diaryl/α,β-unsaturated/α-hetero) is 1. The smallest absolute Gasteiger partial charge is 0.299 e. The minimum atomic E-state index is -0.651. The molecule has 18 heavy (non-hydrogen) atoms. The van der Waals surface area contributed by atoms with Crippen LogP contribution in [-0.4, -0.2) is 24.1 Å². The highest BCUT2D eigenvalue weighted by atomic mass is 79.9. The number of alkyl halides is 1. The number of halogens is 3. The summed E-state index contributed by atoms with van der Waals surface area (Å²) < 4.78 is 13.6. The van der Waals surface area contributed by atoms with Crippen molar-refractivity contribution in [3.8, 4) is 0 Å². The van der Waals surface area contributed by atoms with E-state index < -0.39 is 17.5 Å². The van der Waals surface area contributed by atoms with Gasteiger partial charge in [-0.2, -0.15) is 0 Å². The van der Waals surface area contributed by atoms with E-state index in [1.807, 2.05) is 0 Å². The zero-order valence-corrected chi connectivity index (χ0v) is 11.5. The van der Waals surface area contributed by atoms with Crippen LogP contribution in [0.3, 0.4) is 0 Å². The normalized spacial score (nSPS) is 14.7. The molecule has 94 valence electrons. The van der Waals surface area contributed by atoms with Gasteiger partial charge in [0.15, 0.2) is 0 Å². The largest absolute Gasteiger partial charge is 0.301 e. The van der Waals surface area contributed by atoms with Gasteiger partial charge in [0, 0.05) is 12.4 Å². The number of carbonyl (C=O) groups excluding carboxylic acids is 2. The molecule has 0 aliphatic carbocycles. The first-order chi connectivity index (χ1) is 8.56. The summed E-state index contributed by atoms with van der Waals surface area (Å²) in [4.78, 5) is 24.7. The van der Waals surface area contributed by atoms with Gasteiger partial charge < -0.3 is 4.90 Å². The fraction of sp³-hybridized carbons (Fsp3) is 0.167. The van der Waals surface area contributed by atoms with Gasteiger partial charge in [-0.1, -0.05) is 12.2 Å². The number of carbonyl (C=O) groups is 2. The van der Waals surface area contributed by atoms with Gasteiger partial charge in [0.2, 0.25) is 0 Å². The molecule has 1 aromatic carbocycles. The number of fused-ring (bicyclic) bond motifs is 1. The van der Waals surface area contributed by atoms with Crippen molar-refractivity contribution in [2.45, 2.75) is 0 Å². The van der Waals surface area contributed by atoms with E-state index in [2.05, 4.69) is 15.9 Å². The number of ketones is 1. The van der Waals surface area contributed by atoms with Crippen LogP contribution < -0.4 is 4.90 Å². The van der Waals surface area contributed by atoms with Crippen LogP contribution >= 0.6 is 27.5 Å². The molecule has 0 aromatic heterocycles. The van der Waals surface area contributed by atoms with Crippen molar-refractivity contribution in [2.75, 3.05) is 17.3 Å². The topological polar surface area (TPSA) is 37.4 Å². The lowest BCUT2D eigenvalue weighted by atomic mass is 10.1. The maximum atomic E-state index is 13.5. The number of rotatable bonds is 3. The second-order valence-electron chi connectivity index (χ2n) is 3.65. The van der Waals surface area contributed by atoms with Gasteiger partial charge in [-0.3, -0.25) is 9.59 Å². The lowest BCUT2D eigenvalue weighted by Gasteiger charge is -2.14. The molecule has 6 heteroatoms. The standard InChI is InChI=1S/C12H8BrClFNO2/c13-8-5-7-10(6-9(8)15)16(4-2-1-3-14)12(18)11(7)17/h1-2,5-6H,3-4H2. The third-order valence-corrected chi connectivity index (χ3v) is 3.34. The molecule has 2 rings (SSSR count). The molecule has 0 bridgehead atoms. The first-order valence-corrected chi connectivity index (χ1v) is 6.45. The Kier molecular flexibility index (Phi) is 3.82. The molecule has 1 aromatic rings. The van der Waals surface area contributed by atoms with Crippen LogP contribution in [0.1, 0.15) is 10.4 Å². The van der Waals surface area contributed by atoms with Crippen molar-refractivity contribution in [1.82, 2.24) is 0 Å². The molecule has 0 N–H and O–H groups in total. The number of hydrogen-bond acceptors (Lipinski definition) is 2. The average molecular weight is 333 g/mol. The first kappa shape index (κ1) is 13.2. The summed E-state index contributed by atoms with van der Waals surface area (Å²) >= 11 is 8.47. The lowest BCUT2D eigenvalue weighted by molar-refractivity contribution is -0.114. The van der Waals surface area contributed by atoms with Gasteiger partial charge in [-0.15, -0.1) is 11.6 Å². The molecule has 0 saturated carbocycles. The fourth-order valence-electron chi connectivity index (χ4n) is 1.71. The highest BCUT2D eigenvalue weighted by Gasteiger charge is 2.35. The van der Waals surface area contributed by atoms with Crippen LogP contribution in [0, 0.1) is 5.82 Å². The van der Waals surface area contributed by atoms with Crippen molar-refractivity contribution < 1.29 is 14.0 Å². The van der Waals surface area contributed by atoms with Gasteiger partial charge in [-0.25, -0.2) is 4.39 Å². The Morgan fingerprint density at radius 3 is 2.72 bits per heavy atom. The van der Waals surface area contributed by atoms with Crippen LogP contribution in [0.2, 0.25) is 0 Å². The zero-order chi connectivity index (χ0) is 13.3. The first-order valence-electron chi connectivity index (χ1n) is 5.12. The minimum Gasteiger partial charge on any atom is -0.301 e. The van der Waals surface area contributed by atoms with Gasteiger partial charge in [-0.05, 0) is 28.1 Å². The second kappa shape index (κ2) is 5.20. The highest BCUT2D eigenvalue weighted by molar-refractivity contribution is 9.10. The molecule has 0 atom stereocenters. The van der Waals surface area contributed by atoms with Crippen molar-refractivity contribution in [1.29, 1.82) is 0 Å². The Labute approximate surface area is 116 Å². The van der Waals surface area contributed by atoms with Gasteiger partial charge in [0.25, 0.3) is 11.7 Å². The molecule has 1 heterocycles. The van der Waals surface area contributed by atoms with Crippen molar-refractivity contribution in [2.24, 2.45) is 0 Å². The van der Waals surface area contributed by atoms with E-state index in [0.717, 1.165) is 0 Å². The van der Waals surface area contributed by atoms with E-state index >= 15 is 0 Å². The van der Waals surface area contributed by atoms with Crippen LogP contribution in [0.4, 0.5) is 10.1 Å². The van der Waals surface area contributed by atoms with E-state index in [9.17, 15) is 14.0 Å². The van der Waals surface area contributed by atoms with Crippen molar-refractivity contribution in [3.05, 3.63) is 40.1 Å². The maximum Gasteiger partial charge on any atom is 0.299 e. The number of hydrogen-bond donors (Lipinski definition) is 0. The second-order valence-corrected chi connectivity index (χ2v) is 4.82. The molecule has 0 radical (unpaired) electrons. The molecule has 0 spiro atoms. The summed E-state index contributed by atoms with van der Waals surface area (Å²) in [6.45, 7) is 0.200. The molecular formula is C12H8BrClFNO2. The van der Waals surface area contributed by atoms with Crippen molar-refractivity contribution >= 4 is 44.9 Å². The number of benzene rings is 1. The molecule has 1 amide bonds. The van der Waals surface area contributed by atoms with Crippen LogP contribution in [0.25, 0.3) is 0 Å².